The lowest BCUT2D eigenvalue weighted by Gasteiger charge is -2.41. The molecule has 0 radical (unpaired) electrons. The smallest absolute Gasteiger partial charge is 0.205 e. The highest BCUT2D eigenvalue weighted by atomic mass is 16.5. The van der Waals surface area contributed by atoms with E-state index in [4.69, 9.17) is 19.9 Å². The van der Waals surface area contributed by atoms with Gasteiger partial charge >= 0.3 is 0 Å². The van der Waals surface area contributed by atoms with Crippen LogP contribution in [0.2, 0.25) is 0 Å². The Morgan fingerprint density at radius 2 is 1.64 bits per heavy atom. The third-order valence-corrected chi connectivity index (χ3v) is 7.05. The number of nitrogens with zero attached hydrogens (tertiary/aromatic N) is 1. The molecular weight excluding hydrogens is 448 g/mol. The summed E-state index contributed by atoms with van der Waals surface area (Å²) in [7, 11) is 0. The molecule has 188 valence electrons. The Hall–Kier alpha value is -3.65. The molecule has 2 N–H and O–H groups in total. The van der Waals surface area contributed by atoms with E-state index < -0.39 is 0 Å². The molecule has 1 aliphatic carbocycles. The van der Waals surface area contributed by atoms with E-state index in [0.29, 0.717) is 24.7 Å². The molecular formula is C31H36N2O3. The predicted octanol–water partition coefficient (Wildman–Crippen LogP) is 7.09. The first-order valence-corrected chi connectivity index (χ1v) is 12.7. The highest BCUT2D eigenvalue weighted by Crippen LogP contribution is 2.53. The summed E-state index contributed by atoms with van der Waals surface area (Å²) in [4.78, 5) is 0. The van der Waals surface area contributed by atoms with Crippen LogP contribution in [-0.2, 0) is 4.74 Å². The van der Waals surface area contributed by atoms with E-state index in [-0.39, 0.29) is 17.2 Å². The molecule has 0 fully saturated rings. The van der Waals surface area contributed by atoms with Crippen molar-refractivity contribution >= 4 is 6.08 Å². The lowest BCUT2D eigenvalue weighted by molar-refractivity contribution is 0.200. The molecule has 2 aromatic carbocycles. The first kappa shape index (κ1) is 25.4. The molecule has 5 heteroatoms. The van der Waals surface area contributed by atoms with Gasteiger partial charge in [-0.25, -0.2) is 0 Å². The Labute approximate surface area is 214 Å². The number of nitriles is 1. The zero-order chi connectivity index (χ0) is 25.9. The molecule has 0 saturated carbocycles. The van der Waals surface area contributed by atoms with Crippen LogP contribution in [0.25, 0.3) is 6.08 Å². The van der Waals surface area contributed by atoms with Gasteiger partial charge in [0, 0.05) is 11.1 Å². The molecule has 0 aromatic heterocycles. The standard InChI is InChI=1S/C31H36N2O3/c1-6-34-26-14-10-8-12-20(26)16-21-17-22(31(3,4)5)18-24-28(25(19-32)30(33)36-29(21)24)23-13-9-11-15-27(23)35-7-2/h8-16,22,28H,6-7,17-18,33H2,1-5H3/b21-16+. The summed E-state index contributed by atoms with van der Waals surface area (Å²) in [6.45, 7) is 11.9. The fourth-order valence-corrected chi connectivity index (χ4v) is 5.14. The van der Waals surface area contributed by atoms with Crippen LogP contribution in [0.1, 0.15) is 64.5 Å². The summed E-state index contributed by atoms with van der Waals surface area (Å²) in [6.07, 6.45) is 3.82. The van der Waals surface area contributed by atoms with E-state index in [1.807, 2.05) is 56.3 Å². The summed E-state index contributed by atoms with van der Waals surface area (Å²) in [5.41, 5.74) is 11.0. The molecule has 0 bridgehead atoms. The monoisotopic (exact) mass is 484 g/mol. The maximum atomic E-state index is 10.2. The van der Waals surface area contributed by atoms with E-state index in [1.54, 1.807) is 0 Å². The molecule has 1 aliphatic heterocycles. The van der Waals surface area contributed by atoms with Crippen LogP contribution in [0, 0.1) is 22.7 Å². The van der Waals surface area contributed by atoms with Gasteiger partial charge in [-0.3, -0.25) is 0 Å². The minimum Gasteiger partial charge on any atom is -0.494 e. The lowest BCUT2D eigenvalue weighted by Crippen LogP contribution is -2.31. The third-order valence-electron chi connectivity index (χ3n) is 7.05. The van der Waals surface area contributed by atoms with Gasteiger partial charge in [0.25, 0.3) is 0 Å². The van der Waals surface area contributed by atoms with Crippen LogP contribution < -0.4 is 15.2 Å². The number of rotatable bonds is 6. The number of ether oxygens (including phenoxy) is 3. The molecule has 36 heavy (non-hydrogen) atoms. The van der Waals surface area contributed by atoms with Gasteiger partial charge in [-0.2, -0.15) is 5.26 Å². The summed E-state index contributed by atoms with van der Waals surface area (Å²) in [5.74, 6) is 2.57. The van der Waals surface area contributed by atoms with Crippen LogP contribution in [-0.4, -0.2) is 13.2 Å². The summed E-state index contributed by atoms with van der Waals surface area (Å²) in [6, 6.07) is 18.3. The summed E-state index contributed by atoms with van der Waals surface area (Å²) >= 11 is 0. The quantitative estimate of drug-likeness (QED) is 0.474. The molecule has 2 atom stereocenters. The Balaban J connectivity index is 1.94. The van der Waals surface area contributed by atoms with E-state index in [9.17, 15) is 5.26 Å². The average Bonchev–Trinajstić information content (AvgIpc) is 2.85. The molecule has 5 nitrogen and oxygen atoms in total. The van der Waals surface area contributed by atoms with E-state index >= 15 is 0 Å². The van der Waals surface area contributed by atoms with E-state index in [0.717, 1.165) is 52.4 Å². The fourth-order valence-electron chi connectivity index (χ4n) is 5.14. The molecule has 4 rings (SSSR count). The normalized spacial score (nSPS) is 21.1. The minimum absolute atomic E-state index is 0.0561. The van der Waals surface area contributed by atoms with Crippen molar-refractivity contribution in [3.8, 4) is 17.6 Å². The topological polar surface area (TPSA) is 77.5 Å². The van der Waals surface area contributed by atoms with Crippen molar-refractivity contribution in [2.24, 2.45) is 17.1 Å². The maximum Gasteiger partial charge on any atom is 0.205 e. The van der Waals surface area contributed by atoms with Crippen molar-refractivity contribution in [1.82, 2.24) is 0 Å². The van der Waals surface area contributed by atoms with Gasteiger partial charge in [0.15, 0.2) is 0 Å². The largest absolute Gasteiger partial charge is 0.494 e. The third kappa shape index (κ3) is 4.99. The molecule has 2 aromatic rings. The van der Waals surface area contributed by atoms with Crippen LogP contribution >= 0.6 is 0 Å². The van der Waals surface area contributed by atoms with Crippen molar-refractivity contribution in [1.29, 1.82) is 5.26 Å². The Bertz CT molecular complexity index is 1260. The average molecular weight is 485 g/mol. The maximum absolute atomic E-state index is 10.2. The van der Waals surface area contributed by atoms with Crippen molar-refractivity contribution in [2.75, 3.05) is 13.2 Å². The molecule has 1 heterocycles. The van der Waals surface area contributed by atoms with Gasteiger partial charge in [-0.15, -0.1) is 0 Å². The summed E-state index contributed by atoms with van der Waals surface area (Å²) in [5, 5.41) is 10.2. The minimum atomic E-state index is -0.322. The predicted molar refractivity (Wildman–Crippen MR) is 143 cm³/mol. The van der Waals surface area contributed by atoms with Gasteiger partial charge < -0.3 is 19.9 Å². The summed E-state index contributed by atoms with van der Waals surface area (Å²) < 4.78 is 18.1. The molecule has 0 saturated heterocycles. The second kappa shape index (κ2) is 10.5. The van der Waals surface area contributed by atoms with Gasteiger partial charge in [-0.05, 0) is 67.4 Å². The number of para-hydroxylation sites is 2. The Morgan fingerprint density at radius 3 is 2.31 bits per heavy atom. The highest BCUT2D eigenvalue weighted by molar-refractivity contribution is 5.66. The van der Waals surface area contributed by atoms with Crippen LogP contribution in [0.4, 0.5) is 0 Å². The Kier molecular flexibility index (Phi) is 7.45. The number of benzene rings is 2. The van der Waals surface area contributed by atoms with Gasteiger partial charge in [-0.1, -0.05) is 57.2 Å². The first-order valence-electron chi connectivity index (χ1n) is 12.7. The molecule has 0 spiro atoms. The number of hydrogen-bond donors (Lipinski definition) is 1. The van der Waals surface area contributed by atoms with Gasteiger partial charge in [0.2, 0.25) is 5.88 Å². The van der Waals surface area contributed by atoms with Crippen molar-refractivity contribution in [3.05, 3.63) is 88.0 Å². The highest BCUT2D eigenvalue weighted by Gasteiger charge is 2.42. The number of hydrogen-bond acceptors (Lipinski definition) is 5. The van der Waals surface area contributed by atoms with Crippen LogP contribution in [0.5, 0.6) is 11.5 Å². The fraction of sp³-hybridized carbons (Fsp3) is 0.387. The van der Waals surface area contributed by atoms with Gasteiger partial charge in [0.1, 0.15) is 28.9 Å². The van der Waals surface area contributed by atoms with Crippen LogP contribution in [0.3, 0.4) is 0 Å². The van der Waals surface area contributed by atoms with Crippen molar-refractivity contribution in [2.45, 2.75) is 53.4 Å². The number of allylic oxidation sites excluding steroid dienone is 3. The second-order valence-electron chi connectivity index (χ2n) is 10.4. The molecule has 2 aliphatic rings. The Morgan fingerprint density at radius 1 is 1.00 bits per heavy atom. The zero-order valence-corrected chi connectivity index (χ0v) is 21.9. The lowest BCUT2D eigenvalue weighted by atomic mass is 9.66. The van der Waals surface area contributed by atoms with Gasteiger partial charge in [0.05, 0.1) is 19.1 Å². The van der Waals surface area contributed by atoms with Crippen LogP contribution in [0.15, 0.2) is 76.9 Å². The van der Waals surface area contributed by atoms with Crippen molar-refractivity contribution in [3.63, 3.8) is 0 Å². The zero-order valence-electron chi connectivity index (χ0n) is 21.9. The van der Waals surface area contributed by atoms with E-state index in [1.165, 1.54) is 0 Å². The molecule has 2 unspecified atom stereocenters. The SMILES string of the molecule is CCOc1ccccc1/C=C1\CC(C(C)(C)C)CC2=C1OC(N)=C(C#N)C2c1ccccc1OCC. The molecule has 0 amide bonds. The van der Waals surface area contributed by atoms with Crippen molar-refractivity contribution < 1.29 is 14.2 Å². The first-order chi connectivity index (χ1) is 17.3. The van der Waals surface area contributed by atoms with E-state index in [2.05, 4.69) is 39.0 Å². The second-order valence-corrected chi connectivity index (χ2v) is 10.4. The number of nitrogens with two attached hydrogens (primary N) is 1.